The van der Waals surface area contributed by atoms with E-state index in [9.17, 15) is 9.18 Å². The number of piperazine rings is 1. The Hall–Kier alpha value is -3.83. The lowest BCUT2D eigenvalue weighted by atomic mass is 10.0. The summed E-state index contributed by atoms with van der Waals surface area (Å²) in [4.78, 5) is 27.3. The van der Waals surface area contributed by atoms with Gasteiger partial charge in [-0.1, -0.05) is 0 Å². The first kappa shape index (κ1) is 25.4. The van der Waals surface area contributed by atoms with Gasteiger partial charge < -0.3 is 20.3 Å². The number of fused-ring (bicyclic) bond motifs is 2. The zero-order chi connectivity index (χ0) is 27.1. The number of hydrogen-bond donors (Lipinski definition) is 2. The van der Waals surface area contributed by atoms with Crippen LogP contribution in [0.1, 0.15) is 30.6 Å². The van der Waals surface area contributed by atoms with Gasteiger partial charge in [0, 0.05) is 73.3 Å². The Morgan fingerprint density at radius 3 is 2.72 bits per heavy atom. The number of hydrogen-bond acceptors (Lipinski definition) is 8. The lowest BCUT2D eigenvalue weighted by molar-refractivity contribution is 0.102. The van der Waals surface area contributed by atoms with Gasteiger partial charge >= 0.3 is 6.01 Å². The van der Waals surface area contributed by atoms with Crippen LogP contribution in [-0.4, -0.2) is 82.0 Å². The molecule has 4 aromatic rings. The Labute approximate surface area is 226 Å². The first-order valence-electron chi connectivity index (χ1n) is 13.4. The monoisotopic (exact) mass is 532 g/mol. The molecule has 11 heteroatoms. The molecule has 39 heavy (non-hydrogen) atoms. The molecular formula is C28H33FN8O2. The van der Waals surface area contributed by atoms with Gasteiger partial charge in [-0.3, -0.25) is 14.4 Å². The third-order valence-corrected chi connectivity index (χ3v) is 7.37. The third kappa shape index (κ3) is 5.24. The van der Waals surface area contributed by atoms with Crippen molar-refractivity contribution in [3.05, 3.63) is 48.0 Å². The highest BCUT2D eigenvalue weighted by Gasteiger charge is 2.25. The molecule has 0 radical (unpaired) electrons. The summed E-state index contributed by atoms with van der Waals surface area (Å²) in [6.07, 6.45) is 4.67. The normalized spacial score (nSPS) is 19.8. The Kier molecular flexibility index (Phi) is 6.78. The van der Waals surface area contributed by atoms with Gasteiger partial charge in [-0.25, -0.2) is 9.37 Å². The second-order valence-electron chi connectivity index (χ2n) is 10.6. The molecule has 2 aliphatic rings. The summed E-state index contributed by atoms with van der Waals surface area (Å²) in [7, 11) is 1.73. The zero-order valence-electron chi connectivity index (χ0n) is 22.4. The van der Waals surface area contributed by atoms with Gasteiger partial charge in [0.25, 0.3) is 5.91 Å². The minimum atomic E-state index is -0.495. The van der Waals surface area contributed by atoms with Gasteiger partial charge in [0.15, 0.2) is 5.82 Å². The second-order valence-corrected chi connectivity index (χ2v) is 10.6. The molecule has 2 aromatic heterocycles. The first-order chi connectivity index (χ1) is 18.8. The van der Waals surface area contributed by atoms with Gasteiger partial charge in [-0.15, -0.1) is 0 Å². The molecule has 2 aliphatic heterocycles. The van der Waals surface area contributed by atoms with Crippen molar-refractivity contribution in [2.45, 2.75) is 32.4 Å². The van der Waals surface area contributed by atoms with E-state index in [-0.39, 0.29) is 17.4 Å². The molecular weight excluding hydrogens is 499 g/mol. The molecule has 0 saturated carbocycles. The van der Waals surface area contributed by atoms with Crippen molar-refractivity contribution in [3.63, 3.8) is 0 Å². The fourth-order valence-electron chi connectivity index (χ4n) is 5.50. The van der Waals surface area contributed by atoms with E-state index in [2.05, 4.69) is 44.4 Å². The summed E-state index contributed by atoms with van der Waals surface area (Å²) in [6.45, 7) is 9.42. The summed E-state index contributed by atoms with van der Waals surface area (Å²) in [5.74, 6) is -0.882. The van der Waals surface area contributed by atoms with Crippen LogP contribution in [0.15, 0.2) is 36.7 Å². The summed E-state index contributed by atoms with van der Waals surface area (Å²) in [6, 6.07) is 7.58. The number of carbonyl (C=O) groups excluding carboxylic acids is 1. The number of amides is 1. The molecule has 10 nitrogen and oxygen atoms in total. The predicted molar refractivity (Wildman–Crippen MR) is 149 cm³/mol. The lowest BCUT2D eigenvalue weighted by Crippen LogP contribution is -2.54. The van der Waals surface area contributed by atoms with Crippen LogP contribution in [0.4, 0.5) is 15.8 Å². The molecule has 0 spiro atoms. The van der Waals surface area contributed by atoms with Crippen molar-refractivity contribution < 1.29 is 13.9 Å². The number of ether oxygens (including phenoxy) is 1. The number of nitrogens with zero attached hydrogens (tertiary/aromatic N) is 6. The standard InChI is InChI=1S/C28H33FN8O2/c1-17-14-37(15-18(2)31-17)24-6-5-21(26-22(24)13-30-28(33-26)39-10-9-36-7-4-8-36)27(38)32-20-11-19-16-35(3)34-25(19)23(29)12-20/h5-6,11-13,16-18,31H,4,7-10,14-15H2,1-3H3,(H,32,38)/t17-,18-/m1/s1. The van der Waals surface area contributed by atoms with E-state index in [0.717, 1.165) is 43.8 Å². The molecule has 0 unspecified atom stereocenters. The summed E-state index contributed by atoms with van der Waals surface area (Å²) < 4.78 is 22.1. The fraction of sp³-hybridized carbons (Fsp3) is 0.429. The van der Waals surface area contributed by atoms with Gasteiger partial charge in [-0.2, -0.15) is 10.1 Å². The Balaban J connectivity index is 1.34. The van der Waals surface area contributed by atoms with Crippen molar-refractivity contribution in [2.24, 2.45) is 7.05 Å². The van der Waals surface area contributed by atoms with E-state index in [0.29, 0.717) is 40.8 Å². The summed E-state index contributed by atoms with van der Waals surface area (Å²) in [5.41, 5.74) is 2.45. The largest absolute Gasteiger partial charge is 0.462 e. The minimum Gasteiger partial charge on any atom is -0.462 e. The maximum atomic E-state index is 14.7. The third-order valence-electron chi connectivity index (χ3n) is 7.37. The van der Waals surface area contributed by atoms with Crippen LogP contribution in [0.2, 0.25) is 0 Å². The quantitative estimate of drug-likeness (QED) is 0.375. The average molecular weight is 533 g/mol. The zero-order valence-corrected chi connectivity index (χ0v) is 22.4. The number of carbonyl (C=O) groups is 1. The molecule has 6 rings (SSSR count). The van der Waals surface area contributed by atoms with Crippen LogP contribution in [0.25, 0.3) is 21.8 Å². The van der Waals surface area contributed by atoms with Crippen molar-refractivity contribution >= 4 is 39.1 Å². The van der Waals surface area contributed by atoms with Crippen LogP contribution in [-0.2, 0) is 7.05 Å². The summed E-state index contributed by atoms with van der Waals surface area (Å²) in [5, 5.41) is 11.9. The van der Waals surface area contributed by atoms with Crippen LogP contribution >= 0.6 is 0 Å². The average Bonchev–Trinajstić information content (AvgIpc) is 3.24. The molecule has 1 amide bonds. The number of aromatic nitrogens is 4. The second kappa shape index (κ2) is 10.4. The number of rotatable bonds is 7. The molecule has 2 aromatic carbocycles. The molecule has 2 saturated heterocycles. The number of nitrogens with one attached hydrogen (secondary N) is 2. The molecule has 2 N–H and O–H groups in total. The van der Waals surface area contributed by atoms with E-state index in [1.807, 2.05) is 6.07 Å². The summed E-state index contributed by atoms with van der Waals surface area (Å²) >= 11 is 0. The van der Waals surface area contributed by atoms with Gasteiger partial charge in [0.1, 0.15) is 12.1 Å². The molecule has 2 fully saturated rings. The van der Waals surface area contributed by atoms with Gasteiger partial charge in [0.2, 0.25) is 0 Å². The van der Waals surface area contributed by atoms with Crippen molar-refractivity contribution in [2.75, 3.05) is 49.5 Å². The van der Waals surface area contributed by atoms with Crippen molar-refractivity contribution in [1.29, 1.82) is 0 Å². The fourth-order valence-corrected chi connectivity index (χ4v) is 5.50. The van der Waals surface area contributed by atoms with Crippen LogP contribution in [0.5, 0.6) is 6.01 Å². The molecule has 204 valence electrons. The number of likely N-dealkylation sites (tertiary alicyclic amines) is 1. The SMILES string of the molecule is C[C@@H]1CN(c2ccc(C(=O)Nc3cc(F)c4nn(C)cc4c3)c3nc(OCCN4CCC4)ncc23)C[C@@H](C)N1. The minimum absolute atomic E-state index is 0.235. The van der Waals surface area contributed by atoms with Gasteiger partial charge in [0.05, 0.1) is 11.1 Å². The first-order valence-corrected chi connectivity index (χ1v) is 13.4. The molecule has 4 heterocycles. The van der Waals surface area contributed by atoms with E-state index < -0.39 is 5.82 Å². The van der Waals surface area contributed by atoms with Crippen molar-refractivity contribution in [1.82, 2.24) is 30.0 Å². The van der Waals surface area contributed by atoms with Crippen LogP contribution < -0.4 is 20.3 Å². The number of halogens is 1. The number of aryl methyl sites for hydroxylation is 1. The van der Waals surface area contributed by atoms with Gasteiger partial charge in [-0.05, 0) is 57.6 Å². The molecule has 0 aliphatic carbocycles. The highest BCUT2D eigenvalue weighted by Crippen LogP contribution is 2.31. The smallest absolute Gasteiger partial charge is 0.316 e. The molecule has 0 bridgehead atoms. The van der Waals surface area contributed by atoms with Crippen molar-refractivity contribution in [3.8, 4) is 6.01 Å². The van der Waals surface area contributed by atoms with E-state index >= 15 is 0 Å². The van der Waals surface area contributed by atoms with E-state index in [1.54, 1.807) is 36.3 Å². The van der Waals surface area contributed by atoms with Crippen LogP contribution in [0.3, 0.4) is 0 Å². The Morgan fingerprint density at radius 2 is 1.97 bits per heavy atom. The number of benzene rings is 2. The van der Waals surface area contributed by atoms with Crippen LogP contribution in [0, 0.1) is 5.82 Å². The number of anilines is 2. The lowest BCUT2D eigenvalue weighted by Gasteiger charge is -2.38. The Morgan fingerprint density at radius 1 is 1.18 bits per heavy atom. The van der Waals surface area contributed by atoms with E-state index in [4.69, 9.17) is 9.72 Å². The highest BCUT2D eigenvalue weighted by molar-refractivity contribution is 6.14. The predicted octanol–water partition coefficient (Wildman–Crippen LogP) is 3.18. The molecule has 2 atom stereocenters. The van der Waals surface area contributed by atoms with E-state index in [1.165, 1.54) is 12.5 Å². The highest BCUT2D eigenvalue weighted by atomic mass is 19.1. The topological polar surface area (TPSA) is 100 Å². The maximum Gasteiger partial charge on any atom is 0.316 e. The Bertz CT molecular complexity index is 1530. The maximum absolute atomic E-state index is 14.7.